The van der Waals surface area contributed by atoms with Crippen molar-refractivity contribution in [3.63, 3.8) is 0 Å². The largest absolute Gasteiger partial charge is 0.468 e. The van der Waals surface area contributed by atoms with Crippen molar-refractivity contribution < 1.29 is 14.6 Å². The SMILES string of the molecule is COC(=O)CN(C)CCCN(C)c1ccc(-c2ccnc(Nc3cccc(CO)c3)n2)cn1. The predicted octanol–water partition coefficient (Wildman–Crippen LogP) is 2.71. The van der Waals surface area contributed by atoms with Crippen molar-refractivity contribution in [2.45, 2.75) is 13.0 Å². The molecule has 0 bridgehead atoms. The molecular weight excluding hydrogens is 420 g/mol. The van der Waals surface area contributed by atoms with Crippen LogP contribution in [0, 0.1) is 0 Å². The summed E-state index contributed by atoms with van der Waals surface area (Å²) in [5.74, 6) is 1.10. The number of anilines is 3. The number of benzene rings is 1. The van der Waals surface area contributed by atoms with E-state index in [1.807, 2.05) is 61.5 Å². The van der Waals surface area contributed by atoms with Crippen LogP contribution in [0.3, 0.4) is 0 Å². The number of rotatable bonds is 11. The van der Waals surface area contributed by atoms with E-state index in [-0.39, 0.29) is 19.1 Å². The average Bonchev–Trinajstić information content (AvgIpc) is 2.84. The van der Waals surface area contributed by atoms with Gasteiger partial charge in [0.05, 0.1) is 26.0 Å². The minimum atomic E-state index is -0.232. The van der Waals surface area contributed by atoms with Crippen molar-refractivity contribution in [1.29, 1.82) is 0 Å². The van der Waals surface area contributed by atoms with E-state index in [0.717, 1.165) is 47.8 Å². The fourth-order valence-electron chi connectivity index (χ4n) is 3.28. The number of aromatic nitrogens is 3. The van der Waals surface area contributed by atoms with Crippen molar-refractivity contribution in [2.24, 2.45) is 0 Å². The van der Waals surface area contributed by atoms with Crippen LogP contribution in [-0.2, 0) is 16.1 Å². The second-order valence-corrected chi connectivity index (χ2v) is 7.74. The highest BCUT2D eigenvalue weighted by Crippen LogP contribution is 2.21. The minimum Gasteiger partial charge on any atom is -0.468 e. The van der Waals surface area contributed by atoms with E-state index in [0.29, 0.717) is 5.95 Å². The number of hydrogen-bond donors (Lipinski definition) is 2. The summed E-state index contributed by atoms with van der Waals surface area (Å²) >= 11 is 0. The molecule has 0 saturated heterocycles. The lowest BCUT2D eigenvalue weighted by Gasteiger charge is -2.20. The molecule has 0 saturated carbocycles. The number of likely N-dealkylation sites (N-methyl/N-ethyl adjacent to an activating group) is 1. The second-order valence-electron chi connectivity index (χ2n) is 7.74. The van der Waals surface area contributed by atoms with Gasteiger partial charge in [0.2, 0.25) is 5.95 Å². The Labute approximate surface area is 194 Å². The Bertz CT molecular complexity index is 1040. The standard InChI is InChI=1S/C24H30N6O3/c1-29(16-23(32)33-3)12-5-13-30(2)22-9-8-19(15-26-22)21-10-11-25-24(28-21)27-20-7-4-6-18(14-20)17-31/h4,6-11,14-15,31H,5,12-13,16-17H2,1-3H3,(H,25,27,28). The van der Waals surface area contributed by atoms with E-state index in [2.05, 4.69) is 29.9 Å². The van der Waals surface area contributed by atoms with Crippen LogP contribution in [0.1, 0.15) is 12.0 Å². The smallest absolute Gasteiger partial charge is 0.319 e. The molecule has 0 amide bonds. The molecule has 9 heteroatoms. The molecule has 0 fully saturated rings. The van der Waals surface area contributed by atoms with Crippen LogP contribution in [0.15, 0.2) is 54.9 Å². The molecule has 0 radical (unpaired) electrons. The summed E-state index contributed by atoms with van der Waals surface area (Å²) in [6.07, 6.45) is 4.39. The van der Waals surface area contributed by atoms with Crippen LogP contribution in [-0.4, -0.2) is 71.8 Å². The molecule has 174 valence electrons. The molecule has 0 spiro atoms. The number of hydrogen-bond acceptors (Lipinski definition) is 9. The van der Waals surface area contributed by atoms with Crippen molar-refractivity contribution in [3.05, 3.63) is 60.4 Å². The summed E-state index contributed by atoms with van der Waals surface area (Å²) < 4.78 is 4.69. The third-order valence-corrected chi connectivity index (χ3v) is 5.12. The topological polar surface area (TPSA) is 104 Å². The lowest BCUT2D eigenvalue weighted by Crippen LogP contribution is -2.30. The molecule has 2 N–H and O–H groups in total. The highest BCUT2D eigenvalue weighted by atomic mass is 16.5. The maximum Gasteiger partial charge on any atom is 0.319 e. The third kappa shape index (κ3) is 7.23. The number of carbonyl (C=O) groups excluding carboxylic acids is 1. The van der Waals surface area contributed by atoms with E-state index < -0.39 is 0 Å². The van der Waals surface area contributed by atoms with Crippen molar-refractivity contribution >= 4 is 23.4 Å². The summed E-state index contributed by atoms with van der Waals surface area (Å²) in [4.78, 5) is 28.8. The van der Waals surface area contributed by atoms with Crippen LogP contribution in [0.4, 0.5) is 17.5 Å². The van der Waals surface area contributed by atoms with Gasteiger partial charge in [-0.15, -0.1) is 0 Å². The number of nitrogens with one attached hydrogen (secondary N) is 1. The van der Waals surface area contributed by atoms with Crippen LogP contribution in [0.5, 0.6) is 0 Å². The van der Waals surface area contributed by atoms with Gasteiger partial charge in [0.25, 0.3) is 0 Å². The van der Waals surface area contributed by atoms with E-state index >= 15 is 0 Å². The lowest BCUT2D eigenvalue weighted by molar-refractivity contribution is -0.141. The summed E-state index contributed by atoms with van der Waals surface area (Å²) in [6.45, 7) is 1.87. The zero-order valence-electron chi connectivity index (χ0n) is 19.2. The maximum atomic E-state index is 11.3. The molecule has 0 unspecified atom stereocenters. The first-order chi connectivity index (χ1) is 16.0. The molecule has 2 heterocycles. The fourth-order valence-corrected chi connectivity index (χ4v) is 3.28. The molecular formula is C24H30N6O3. The number of ether oxygens (including phenoxy) is 1. The Morgan fingerprint density at radius 2 is 1.97 bits per heavy atom. The van der Waals surface area contributed by atoms with Gasteiger partial charge in [0.1, 0.15) is 5.82 Å². The number of carbonyl (C=O) groups is 1. The second kappa shape index (κ2) is 11.9. The minimum absolute atomic E-state index is 0.0208. The van der Waals surface area contributed by atoms with Gasteiger partial charge in [0.15, 0.2) is 0 Å². The number of aliphatic hydroxyl groups excluding tert-OH is 1. The highest BCUT2D eigenvalue weighted by Gasteiger charge is 2.09. The summed E-state index contributed by atoms with van der Waals surface area (Å²) in [5.41, 5.74) is 3.28. The van der Waals surface area contributed by atoms with Gasteiger partial charge in [-0.2, -0.15) is 0 Å². The van der Waals surface area contributed by atoms with E-state index in [1.165, 1.54) is 7.11 Å². The first-order valence-corrected chi connectivity index (χ1v) is 10.7. The molecule has 0 aliphatic rings. The number of nitrogens with zero attached hydrogens (tertiary/aromatic N) is 5. The van der Waals surface area contributed by atoms with Gasteiger partial charge in [-0.1, -0.05) is 12.1 Å². The Morgan fingerprint density at radius 3 is 2.70 bits per heavy atom. The Kier molecular flexibility index (Phi) is 8.68. The number of pyridine rings is 1. The first kappa shape index (κ1) is 24.1. The van der Waals surface area contributed by atoms with Crippen LogP contribution >= 0.6 is 0 Å². The van der Waals surface area contributed by atoms with Crippen molar-refractivity contribution in [1.82, 2.24) is 19.9 Å². The zero-order valence-corrected chi connectivity index (χ0v) is 19.2. The number of methoxy groups -OCH3 is 1. The normalized spacial score (nSPS) is 10.8. The molecule has 9 nitrogen and oxygen atoms in total. The number of esters is 1. The Hall–Kier alpha value is -3.56. The Morgan fingerprint density at radius 1 is 1.12 bits per heavy atom. The molecule has 3 aromatic rings. The van der Waals surface area contributed by atoms with Crippen LogP contribution in [0.25, 0.3) is 11.3 Å². The summed E-state index contributed by atoms with van der Waals surface area (Å²) in [6, 6.07) is 13.3. The third-order valence-electron chi connectivity index (χ3n) is 5.12. The van der Waals surface area contributed by atoms with E-state index in [9.17, 15) is 9.90 Å². The number of aliphatic hydroxyl groups is 1. The predicted molar refractivity (Wildman–Crippen MR) is 128 cm³/mol. The van der Waals surface area contributed by atoms with Crippen molar-refractivity contribution in [3.8, 4) is 11.3 Å². The van der Waals surface area contributed by atoms with Gasteiger partial charge in [-0.3, -0.25) is 9.69 Å². The summed E-state index contributed by atoms with van der Waals surface area (Å²) in [7, 11) is 5.29. The van der Waals surface area contributed by atoms with Crippen molar-refractivity contribution in [2.75, 3.05) is 51.1 Å². The van der Waals surface area contributed by atoms with Crippen LogP contribution < -0.4 is 10.2 Å². The van der Waals surface area contributed by atoms with Gasteiger partial charge in [-0.25, -0.2) is 15.0 Å². The monoisotopic (exact) mass is 450 g/mol. The highest BCUT2D eigenvalue weighted by molar-refractivity contribution is 5.71. The van der Waals surface area contributed by atoms with Crippen LogP contribution in [0.2, 0.25) is 0 Å². The van der Waals surface area contributed by atoms with E-state index in [4.69, 9.17) is 0 Å². The van der Waals surface area contributed by atoms with E-state index in [1.54, 1.807) is 12.4 Å². The van der Waals surface area contributed by atoms with Gasteiger partial charge >= 0.3 is 5.97 Å². The molecule has 1 aromatic carbocycles. The van der Waals surface area contributed by atoms with Gasteiger partial charge in [0, 0.05) is 43.8 Å². The first-order valence-electron chi connectivity index (χ1n) is 10.7. The maximum absolute atomic E-state index is 11.3. The van der Waals surface area contributed by atoms with Gasteiger partial charge < -0.3 is 20.1 Å². The zero-order chi connectivity index (χ0) is 23.6. The van der Waals surface area contributed by atoms with Gasteiger partial charge in [-0.05, 0) is 49.4 Å². The quantitative estimate of drug-likeness (QED) is 0.427. The molecule has 33 heavy (non-hydrogen) atoms. The molecule has 3 rings (SSSR count). The molecule has 0 aliphatic heterocycles. The molecule has 0 atom stereocenters. The molecule has 2 aromatic heterocycles. The summed E-state index contributed by atoms with van der Waals surface area (Å²) in [5, 5.41) is 12.5. The Balaban J connectivity index is 1.58. The average molecular weight is 451 g/mol. The fraction of sp³-hybridized carbons (Fsp3) is 0.333. The molecule has 0 aliphatic carbocycles. The lowest BCUT2D eigenvalue weighted by atomic mass is 10.2.